The Morgan fingerprint density at radius 2 is 2.00 bits per heavy atom. The first kappa shape index (κ1) is 20.1. The van der Waals surface area contributed by atoms with Crippen LogP contribution in [-0.4, -0.2) is 30.9 Å². The van der Waals surface area contributed by atoms with E-state index in [1.54, 1.807) is 0 Å². The molecular weight excluding hydrogens is 386 g/mol. The molecule has 1 aromatic heterocycles. The van der Waals surface area contributed by atoms with Gasteiger partial charge in [-0.2, -0.15) is 0 Å². The molecule has 0 aliphatic carbocycles. The van der Waals surface area contributed by atoms with Crippen LogP contribution in [0.1, 0.15) is 44.2 Å². The maximum atomic E-state index is 12.1. The number of nitrogens with one attached hydrogen (secondary N) is 2. The van der Waals surface area contributed by atoms with Crippen LogP contribution in [0.25, 0.3) is 0 Å². The van der Waals surface area contributed by atoms with Gasteiger partial charge in [0.1, 0.15) is 5.76 Å². The van der Waals surface area contributed by atoms with Crippen LogP contribution in [0.5, 0.6) is 0 Å². The van der Waals surface area contributed by atoms with E-state index >= 15 is 0 Å². The van der Waals surface area contributed by atoms with E-state index in [-0.39, 0.29) is 30.7 Å². The fraction of sp³-hybridized carbons (Fsp3) is 0.714. The fourth-order valence-electron chi connectivity index (χ4n) is 1.89. The second kappa shape index (κ2) is 11.8. The number of hydrogen-bond acceptors (Lipinski definition) is 3. The number of halogens is 2. The third-order valence-corrected chi connectivity index (χ3v) is 2.95. The van der Waals surface area contributed by atoms with Crippen molar-refractivity contribution in [3.05, 3.63) is 17.0 Å². The SMILES string of the molecule is CCNC(=NCc1c(CC)noc1CC)NCCCF.I. The van der Waals surface area contributed by atoms with E-state index in [4.69, 9.17) is 4.52 Å². The molecule has 0 aromatic carbocycles. The molecule has 0 amide bonds. The monoisotopic (exact) mass is 412 g/mol. The van der Waals surface area contributed by atoms with Gasteiger partial charge in [-0.1, -0.05) is 19.0 Å². The van der Waals surface area contributed by atoms with E-state index in [9.17, 15) is 4.39 Å². The summed E-state index contributed by atoms with van der Waals surface area (Å²) in [6.45, 7) is 7.65. The zero-order valence-corrected chi connectivity index (χ0v) is 15.4. The molecule has 0 atom stereocenters. The Bertz CT molecular complexity index is 402. The zero-order valence-electron chi connectivity index (χ0n) is 13.0. The molecule has 0 aliphatic heterocycles. The largest absolute Gasteiger partial charge is 0.361 e. The van der Waals surface area contributed by atoms with Gasteiger partial charge < -0.3 is 15.2 Å². The van der Waals surface area contributed by atoms with Crippen LogP contribution in [0.15, 0.2) is 9.52 Å². The average Bonchev–Trinajstić information content (AvgIpc) is 2.87. The molecule has 0 radical (unpaired) electrons. The van der Waals surface area contributed by atoms with Gasteiger partial charge in [-0.3, -0.25) is 4.39 Å². The number of nitrogens with zero attached hydrogens (tertiary/aromatic N) is 2. The minimum atomic E-state index is -0.321. The topological polar surface area (TPSA) is 62.5 Å². The maximum Gasteiger partial charge on any atom is 0.191 e. The summed E-state index contributed by atoms with van der Waals surface area (Å²) in [6, 6.07) is 0. The molecule has 0 aliphatic rings. The van der Waals surface area contributed by atoms with Crippen LogP contribution in [0, 0.1) is 0 Å². The van der Waals surface area contributed by atoms with Crippen LogP contribution in [0.3, 0.4) is 0 Å². The summed E-state index contributed by atoms with van der Waals surface area (Å²) in [5.74, 6) is 1.59. The van der Waals surface area contributed by atoms with Crippen molar-refractivity contribution >= 4 is 29.9 Å². The highest BCUT2D eigenvalue weighted by Crippen LogP contribution is 2.16. The van der Waals surface area contributed by atoms with Gasteiger partial charge in [-0.05, 0) is 19.8 Å². The van der Waals surface area contributed by atoms with Crippen molar-refractivity contribution in [1.29, 1.82) is 0 Å². The van der Waals surface area contributed by atoms with E-state index in [1.165, 1.54) is 0 Å². The quantitative estimate of drug-likeness (QED) is 0.298. The van der Waals surface area contributed by atoms with E-state index in [0.717, 1.165) is 36.4 Å². The van der Waals surface area contributed by atoms with Crippen molar-refractivity contribution in [2.75, 3.05) is 19.8 Å². The molecule has 0 spiro atoms. The molecule has 1 aromatic rings. The molecule has 0 unspecified atom stereocenters. The van der Waals surface area contributed by atoms with Gasteiger partial charge in [0, 0.05) is 25.1 Å². The summed E-state index contributed by atoms with van der Waals surface area (Å²) in [4.78, 5) is 4.52. The molecular formula is C14H26FIN4O. The number of aromatic nitrogens is 1. The van der Waals surface area contributed by atoms with Crippen molar-refractivity contribution in [3.63, 3.8) is 0 Å². The number of aliphatic imine (C=N–C) groups is 1. The smallest absolute Gasteiger partial charge is 0.191 e. The summed E-state index contributed by atoms with van der Waals surface area (Å²) in [5.41, 5.74) is 2.03. The molecule has 1 rings (SSSR count). The number of hydrogen-bond donors (Lipinski definition) is 2. The molecule has 21 heavy (non-hydrogen) atoms. The molecule has 0 saturated heterocycles. The minimum Gasteiger partial charge on any atom is -0.361 e. The van der Waals surface area contributed by atoms with Gasteiger partial charge in [0.15, 0.2) is 5.96 Å². The second-order valence-electron chi connectivity index (χ2n) is 4.40. The van der Waals surface area contributed by atoms with Crippen molar-refractivity contribution in [1.82, 2.24) is 15.8 Å². The summed E-state index contributed by atoms with van der Waals surface area (Å²) >= 11 is 0. The van der Waals surface area contributed by atoms with Crippen molar-refractivity contribution in [3.8, 4) is 0 Å². The maximum absolute atomic E-state index is 12.1. The van der Waals surface area contributed by atoms with Crippen LogP contribution in [-0.2, 0) is 19.4 Å². The van der Waals surface area contributed by atoms with E-state index in [2.05, 4.69) is 27.7 Å². The Morgan fingerprint density at radius 3 is 2.57 bits per heavy atom. The predicted molar refractivity (Wildman–Crippen MR) is 94.1 cm³/mol. The highest BCUT2D eigenvalue weighted by Gasteiger charge is 2.12. The summed E-state index contributed by atoms with van der Waals surface area (Å²) in [7, 11) is 0. The highest BCUT2D eigenvalue weighted by molar-refractivity contribution is 14.0. The van der Waals surface area contributed by atoms with Gasteiger partial charge in [-0.15, -0.1) is 24.0 Å². The van der Waals surface area contributed by atoms with Crippen LogP contribution < -0.4 is 10.6 Å². The molecule has 0 fully saturated rings. The average molecular weight is 412 g/mol. The van der Waals surface area contributed by atoms with Crippen LogP contribution in [0.4, 0.5) is 4.39 Å². The van der Waals surface area contributed by atoms with Crippen LogP contribution in [0.2, 0.25) is 0 Å². The third kappa shape index (κ3) is 6.62. The third-order valence-electron chi connectivity index (χ3n) is 2.95. The standard InChI is InChI=1S/C14H25FN4O.HI/c1-4-12-11(13(5-2)20-19-12)10-18-14(16-6-3)17-9-7-8-15;/h4-10H2,1-3H3,(H2,16,17,18);1H. The Hall–Kier alpha value is -0.860. The normalized spacial score (nSPS) is 11.1. The van der Waals surface area contributed by atoms with Crippen LogP contribution >= 0.6 is 24.0 Å². The number of aryl methyl sites for hydroxylation is 2. The summed E-state index contributed by atoms with van der Waals surface area (Å²) in [6.07, 6.45) is 2.13. The minimum absolute atomic E-state index is 0. The molecule has 5 nitrogen and oxygen atoms in total. The van der Waals surface area contributed by atoms with Crippen molar-refractivity contribution in [2.45, 2.75) is 46.6 Å². The molecule has 2 N–H and O–H groups in total. The lowest BCUT2D eigenvalue weighted by atomic mass is 10.1. The predicted octanol–water partition coefficient (Wildman–Crippen LogP) is 2.83. The van der Waals surface area contributed by atoms with E-state index in [0.29, 0.717) is 25.5 Å². The Kier molecular flexibility index (Phi) is 11.3. The van der Waals surface area contributed by atoms with Gasteiger partial charge in [0.2, 0.25) is 0 Å². The lowest BCUT2D eigenvalue weighted by molar-refractivity contribution is 0.380. The summed E-state index contributed by atoms with van der Waals surface area (Å²) < 4.78 is 17.4. The Morgan fingerprint density at radius 1 is 1.24 bits per heavy atom. The van der Waals surface area contributed by atoms with Gasteiger partial charge in [0.05, 0.1) is 18.9 Å². The molecule has 122 valence electrons. The first-order valence-electron chi connectivity index (χ1n) is 7.31. The zero-order chi connectivity index (χ0) is 14.8. The Labute approximate surface area is 143 Å². The molecule has 1 heterocycles. The number of rotatable bonds is 8. The number of guanidine groups is 1. The van der Waals surface area contributed by atoms with Gasteiger partial charge >= 0.3 is 0 Å². The Balaban J connectivity index is 0.00000400. The molecule has 0 bridgehead atoms. The van der Waals surface area contributed by atoms with E-state index < -0.39 is 0 Å². The molecule has 0 saturated carbocycles. The first-order valence-corrected chi connectivity index (χ1v) is 7.31. The van der Waals surface area contributed by atoms with Gasteiger partial charge in [-0.25, -0.2) is 4.99 Å². The van der Waals surface area contributed by atoms with E-state index in [1.807, 2.05) is 13.8 Å². The lowest BCUT2D eigenvalue weighted by Crippen LogP contribution is -2.37. The lowest BCUT2D eigenvalue weighted by Gasteiger charge is -2.10. The number of alkyl halides is 1. The van der Waals surface area contributed by atoms with Gasteiger partial charge in [0.25, 0.3) is 0 Å². The first-order chi connectivity index (χ1) is 9.76. The summed E-state index contributed by atoms with van der Waals surface area (Å²) in [5, 5.41) is 10.3. The molecule has 7 heteroatoms. The fourth-order valence-corrected chi connectivity index (χ4v) is 1.89. The highest BCUT2D eigenvalue weighted by atomic mass is 127. The van der Waals surface area contributed by atoms with Crippen molar-refractivity contribution in [2.24, 2.45) is 4.99 Å². The van der Waals surface area contributed by atoms with Crippen molar-refractivity contribution < 1.29 is 8.91 Å². The second-order valence-corrected chi connectivity index (χ2v) is 4.40.